The number of rotatable bonds is 6. The maximum Gasteiger partial charge on any atom is 0.341 e. The minimum atomic E-state index is -0.288. The summed E-state index contributed by atoms with van der Waals surface area (Å²) in [4.78, 5) is 12.5. The number of hydrogen-bond acceptors (Lipinski definition) is 5. The van der Waals surface area contributed by atoms with Gasteiger partial charge in [-0.05, 0) is 91.9 Å². The van der Waals surface area contributed by atoms with Gasteiger partial charge in [-0.3, -0.25) is 0 Å². The molecule has 2 saturated carbocycles. The topological polar surface area (TPSA) is 54.0 Å². The van der Waals surface area contributed by atoms with E-state index in [1.54, 1.807) is 14.2 Å². The monoisotopic (exact) mass is 402 g/mol. The molecule has 1 aromatic carbocycles. The molecule has 3 aliphatic rings. The van der Waals surface area contributed by atoms with Crippen LogP contribution in [0.4, 0.5) is 0 Å². The van der Waals surface area contributed by atoms with Crippen LogP contribution in [0, 0.1) is 17.3 Å². The first kappa shape index (κ1) is 20.7. The van der Waals surface area contributed by atoms with E-state index in [1.165, 1.54) is 24.0 Å². The molecule has 0 heterocycles. The van der Waals surface area contributed by atoms with Gasteiger partial charge in [0.15, 0.2) is 0 Å². The van der Waals surface area contributed by atoms with E-state index in [0.29, 0.717) is 48.6 Å². The van der Waals surface area contributed by atoms with Crippen LogP contribution in [0.5, 0.6) is 5.75 Å². The van der Waals surface area contributed by atoms with E-state index in [2.05, 4.69) is 19.1 Å². The average Bonchev–Trinajstić information content (AvgIpc) is 3.07. The second kappa shape index (κ2) is 8.27. The summed E-state index contributed by atoms with van der Waals surface area (Å²) in [6.45, 7) is 5.01. The van der Waals surface area contributed by atoms with Gasteiger partial charge in [-0.25, -0.2) is 4.79 Å². The molecule has 4 unspecified atom stereocenters. The summed E-state index contributed by atoms with van der Waals surface area (Å²) in [6, 6.07) is 4.14. The number of methoxy groups -OCH3 is 2. The fourth-order valence-corrected chi connectivity index (χ4v) is 6.51. The highest BCUT2D eigenvalue weighted by Crippen LogP contribution is 2.61. The van der Waals surface area contributed by atoms with E-state index in [0.717, 1.165) is 25.7 Å². The molecule has 0 radical (unpaired) electrons. The van der Waals surface area contributed by atoms with Gasteiger partial charge >= 0.3 is 5.97 Å². The van der Waals surface area contributed by atoms with Crippen molar-refractivity contribution in [3.05, 3.63) is 28.8 Å². The van der Waals surface area contributed by atoms with Crippen LogP contribution in [0.3, 0.4) is 0 Å². The van der Waals surface area contributed by atoms with Gasteiger partial charge in [0.05, 0.1) is 19.8 Å². The Morgan fingerprint density at radius 3 is 2.72 bits per heavy atom. The van der Waals surface area contributed by atoms with Crippen molar-refractivity contribution < 1.29 is 23.7 Å². The van der Waals surface area contributed by atoms with Crippen LogP contribution >= 0.6 is 0 Å². The molecular formula is C24H34O5. The first-order valence-corrected chi connectivity index (χ1v) is 11.0. The number of carbonyl (C=O) groups excluding carboxylic acids is 1. The fraction of sp³-hybridized carbons (Fsp3) is 0.708. The molecule has 0 bridgehead atoms. The summed E-state index contributed by atoms with van der Waals surface area (Å²) >= 11 is 0. The third kappa shape index (κ3) is 3.46. The van der Waals surface area contributed by atoms with Crippen molar-refractivity contribution in [3.63, 3.8) is 0 Å². The first-order valence-electron chi connectivity index (χ1n) is 11.0. The molecule has 0 aliphatic heterocycles. The second-order valence-electron chi connectivity index (χ2n) is 9.07. The van der Waals surface area contributed by atoms with E-state index in [1.807, 2.05) is 6.92 Å². The second-order valence-corrected chi connectivity index (χ2v) is 9.07. The van der Waals surface area contributed by atoms with E-state index >= 15 is 0 Å². The third-order valence-electron chi connectivity index (χ3n) is 7.84. The predicted molar refractivity (Wildman–Crippen MR) is 110 cm³/mol. The van der Waals surface area contributed by atoms with Gasteiger partial charge in [0.2, 0.25) is 0 Å². The number of esters is 1. The maximum absolute atomic E-state index is 12.5. The van der Waals surface area contributed by atoms with Crippen molar-refractivity contribution >= 4 is 5.97 Å². The van der Waals surface area contributed by atoms with Crippen LogP contribution in [-0.4, -0.2) is 39.7 Å². The zero-order chi connectivity index (χ0) is 20.6. The van der Waals surface area contributed by atoms with Crippen molar-refractivity contribution in [1.82, 2.24) is 0 Å². The number of aryl methyl sites for hydroxylation is 1. The minimum Gasteiger partial charge on any atom is -0.496 e. The van der Waals surface area contributed by atoms with Gasteiger partial charge in [0.1, 0.15) is 18.1 Å². The highest BCUT2D eigenvalue weighted by Gasteiger charge is 2.55. The highest BCUT2D eigenvalue weighted by molar-refractivity contribution is 5.93. The molecular weight excluding hydrogens is 368 g/mol. The molecule has 3 aliphatic carbocycles. The Labute approximate surface area is 174 Å². The minimum absolute atomic E-state index is 0.230. The molecule has 29 heavy (non-hydrogen) atoms. The molecule has 5 atom stereocenters. The zero-order valence-corrected chi connectivity index (χ0v) is 18.2. The Kier molecular flexibility index (Phi) is 5.90. The molecule has 2 fully saturated rings. The SMILES string of the molecule is CCOC(=O)c1cc2c(cc1OC)CCC1C2CC[C@]2(C)C(OCOC)CCC12. The zero-order valence-electron chi connectivity index (χ0n) is 18.2. The average molecular weight is 403 g/mol. The van der Waals surface area contributed by atoms with Crippen molar-refractivity contribution in [2.24, 2.45) is 17.3 Å². The number of carbonyl (C=O) groups is 1. The summed E-state index contributed by atoms with van der Waals surface area (Å²) in [5.41, 5.74) is 3.47. The summed E-state index contributed by atoms with van der Waals surface area (Å²) < 4.78 is 22.1. The Balaban J connectivity index is 1.63. The summed E-state index contributed by atoms with van der Waals surface area (Å²) in [7, 11) is 3.32. The van der Waals surface area contributed by atoms with E-state index < -0.39 is 0 Å². The third-order valence-corrected chi connectivity index (χ3v) is 7.84. The lowest BCUT2D eigenvalue weighted by Crippen LogP contribution is -2.44. The molecule has 0 amide bonds. The van der Waals surface area contributed by atoms with Gasteiger partial charge in [0.25, 0.3) is 0 Å². The van der Waals surface area contributed by atoms with Crippen molar-refractivity contribution in [1.29, 1.82) is 0 Å². The summed E-state index contributed by atoms with van der Waals surface area (Å²) in [5.74, 6) is 2.18. The lowest BCUT2D eigenvalue weighted by Gasteiger charge is -2.50. The molecule has 4 rings (SSSR count). The Morgan fingerprint density at radius 2 is 2.00 bits per heavy atom. The smallest absolute Gasteiger partial charge is 0.341 e. The largest absolute Gasteiger partial charge is 0.496 e. The van der Waals surface area contributed by atoms with Crippen LogP contribution < -0.4 is 4.74 Å². The Morgan fingerprint density at radius 1 is 1.17 bits per heavy atom. The van der Waals surface area contributed by atoms with Gasteiger partial charge < -0.3 is 18.9 Å². The molecule has 1 aromatic rings. The number of benzene rings is 1. The molecule has 0 saturated heterocycles. The molecule has 0 spiro atoms. The van der Waals surface area contributed by atoms with Crippen LogP contribution in [-0.2, 0) is 20.6 Å². The highest BCUT2D eigenvalue weighted by atomic mass is 16.7. The van der Waals surface area contributed by atoms with E-state index in [4.69, 9.17) is 18.9 Å². The Hall–Kier alpha value is -1.59. The number of hydrogen-bond donors (Lipinski definition) is 0. The summed E-state index contributed by atoms with van der Waals surface area (Å²) in [6.07, 6.45) is 7.20. The molecule has 160 valence electrons. The van der Waals surface area contributed by atoms with Crippen molar-refractivity contribution in [2.45, 2.75) is 64.4 Å². The Bertz CT molecular complexity index is 760. The predicted octanol–water partition coefficient (Wildman–Crippen LogP) is 4.72. The summed E-state index contributed by atoms with van der Waals surface area (Å²) in [5, 5.41) is 0. The van der Waals surface area contributed by atoms with E-state index in [-0.39, 0.29) is 11.4 Å². The van der Waals surface area contributed by atoms with Crippen LogP contribution in [0.1, 0.15) is 73.4 Å². The standard InChI is InChI=1S/C24H34O5/c1-5-28-23(25)19-13-18-15(12-21(19)27-4)6-7-17-16(18)10-11-24(2)20(17)8-9-22(24)29-14-26-3/h12-13,16-17,20,22H,5-11,14H2,1-4H3/t16?,17?,20?,22?,24-/m0/s1. The van der Waals surface area contributed by atoms with Crippen LogP contribution in [0.2, 0.25) is 0 Å². The van der Waals surface area contributed by atoms with Gasteiger partial charge in [-0.2, -0.15) is 0 Å². The van der Waals surface area contributed by atoms with Crippen LogP contribution in [0.25, 0.3) is 0 Å². The normalized spacial score (nSPS) is 32.8. The van der Waals surface area contributed by atoms with Crippen molar-refractivity contribution in [3.8, 4) is 5.75 Å². The molecule has 0 aromatic heterocycles. The molecule has 5 heteroatoms. The first-order chi connectivity index (χ1) is 14.0. The van der Waals surface area contributed by atoms with Gasteiger partial charge in [-0.15, -0.1) is 0 Å². The quantitative estimate of drug-likeness (QED) is 0.509. The molecule has 0 N–H and O–H groups in total. The fourth-order valence-electron chi connectivity index (χ4n) is 6.51. The number of fused-ring (bicyclic) bond motifs is 5. The maximum atomic E-state index is 12.5. The van der Waals surface area contributed by atoms with Crippen molar-refractivity contribution in [2.75, 3.05) is 27.6 Å². The lowest BCUT2D eigenvalue weighted by molar-refractivity contribution is -0.125. The van der Waals surface area contributed by atoms with E-state index in [9.17, 15) is 4.79 Å². The lowest BCUT2D eigenvalue weighted by atomic mass is 9.55. The van der Waals surface area contributed by atoms with Gasteiger partial charge in [-0.1, -0.05) is 6.92 Å². The van der Waals surface area contributed by atoms with Crippen LogP contribution in [0.15, 0.2) is 12.1 Å². The molecule has 5 nitrogen and oxygen atoms in total. The van der Waals surface area contributed by atoms with Gasteiger partial charge in [0, 0.05) is 7.11 Å². The number of ether oxygens (including phenoxy) is 4.